The first-order chi connectivity index (χ1) is 13.1. The van der Waals surface area contributed by atoms with Gasteiger partial charge in [-0.1, -0.05) is 0 Å². The molecule has 0 unspecified atom stereocenters. The van der Waals surface area contributed by atoms with Gasteiger partial charge in [0.1, 0.15) is 0 Å². The topological polar surface area (TPSA) is 99.3 Å². The molecule has 0 aromatic rings. The first kappa shape index (κ1) is 21.3. The Bertz CT molecular complexity index is 707. The first-order valence-corrected chi connectivity index (χ1v) is 11.9. The van der Waals surface area contributed by atoms with Gasteiger partial charge in [0.2, 0.25) is 15.9 Å². The van der Waals surface area contributed by atoms with E-state index in [1.807, 2.05) is 18.7 Å². The zero-order valence-corrected chi connectivity index (χ0v) is 17.8. The number of sulfonamides is 1. The van der Waals surface area contributed by atoms with Crippen LogP contribution in [0.1, 0.15) is 33.1 Å². The van der Waals surface area contributed by atoms with Gasteiger partial charge in [-0.2, -0.15) is 4.31 Å². The Balaban J connectivity index is 1.88. The largest absolute Gasteiger partial charge is 0.378 e. The average Bonchev–Trinajstić information content (AvgIpc) is 2.91. The van der Waals surface area contributed by atoms with E-state index in [1.54, 1.807) is 4.90 Å². The highest BCUT2D eigenvalue weighted by atomic mass is 32.2. The molecular formula is C18H32N4O5S. The number of fused-ring (bicyclic) bond motifs is 1. The summed E-state index contributed by atoms with van der Waals surface area (Å²) in [6.07, 6.45) is 2.65. The molecule has 0 aromatic carbocycles. The van der Waals surface area contributed by atoms with Crippen molar-refractivity contribution in [3.63, 3.8) is 0 Å². The van der Waals surface area contributed by atoms with E-state index in [0.717, 1.165) is 0 Å². The molecule has 0 saturated carbocycles. The van der Waals surface area contributed by atoms with Crippen LogP contribution in [-0.2, 0) is 19.6 Å². The predicted octanol–water partition coefficient (Wildman–Crippen LogP) is 0.0793. The zero-order valence-electron chi connectivity index (χ0n) is 17.0. The van der Waals surface area contributed by atoms with Crippen LogP contribution < -0.4 is 5.32 Å². The lowest BCUT2D eigenvalue weighted by atomic mass is 9.75. The third-order valence-corrected chi connectivity index (χ3v) is 7.40. The molecule has 0 bridgehead atoms. The van der Waals surface area contributed by atoms with E-state index in [-0.39, 0.29) is 18.0 Å². The van der Waals surface area contributed by atoms with Crippen LogP contribution in [0.5, 0.6) is 0 Å². The Kier molecular flexibility index (Phi) is 6.21. The second-order valence-electron chi connectivity index (χ2n) is 8.33. The van der Waals surface area contributed by atoms with Gasteiger partial charge in [-0.05, 0) is 33.1 Å². The van der Waals surface area contributed by atoms with Crippen LogP contribution in [0.2, 0.25) is 0 Å². The fraction of sp³-hybridized carbons (Fsp3) is 0.889. The summed E-state index contributed by atoms with van der Waals surface area (Å²) in [6, 6.07) is -0.545. The molecule has 3 aliphatic heterocycles. The van der Waals surface area contributed by atoms with E-state index < -0.39 is 21.5 Å². The summed E-state index contributed by atoms with van der Waals surface area (Å²) in [5.41, 5.74) is -0.771. The van der Waals surface area contributed by atoms with E-state index in [4.69, 9.17) is 4.74 Å². The van der Waals surface area contributed by atoms with Crippen molar-refractivity contribution < 1.29 is 22.7 Å². The van der Waals surface area contributed by atoms with E-state index in [0.29, 0.717) is 65.2 Å². The monoisotopic (exact) mass is 416 g/mol. The second-order valence-corrected chi connectivity index (χ2v) is 10.3. The van der Waals surface area contributed by atoms with Gasteiger partial charge in [-0.25, -0.2) is 13.2 Å². The number of hydrogen-bond acceptors (Lipinski definition) is 5. The number of hydrogen-bond donors (Lipinski definition) is 1. The Morgan fingerprint density at radius 3 is 2.29 bits per heavy atom. The van der Waals surface area contributed by atoms with Gasteiger partial charge in [0.05, 0.1) is 24.9 Å². The molecule has 9 nitrogen and oxygen atoms in total. The van der Waals surface area contributed by atoms with Crippen molar-refractivity contribution in [2.45, 2.75) is 45.2 Å². The van der Waals surface area contributed by atoms with Crippen molar-refractivity contribution in [1.82, 2.24) is 19.4 Å². The van der Waals surface area contributed by atoms with Gasteiger partial charge >= 0.3 is 6.03 Å². The number of amides is 3. The van der Waals surface area contributed by atoms with Crippen LogP contribution in [0.15, 0.2) is 0 Å². The average molecular weight is 417 g/mol. The Morgan fingerprint density at radius 1 is 1.04 bits per heavy atom. The minimum atomic E-state index is -3.43. The highest BCUT2D eigenvalue weighted by molar-refractivity contribution is 7.88. The van der Waals surface area contributed by atoms with Crippen LogP contribution in [0.4, 0.5) is 4.79 Å². The summed E-state index contributed by atoms with van der Waals surface area (Å²) in [5, 5.41) is 2.90. The SMILES string of the molecule is CC(C)NC(=O)N1CC[C@H]2N(S(C)(=O)=O)CC[C@@]2(C(=O)N2CCOCC2)CC1. The lowest BCUT2D eigenvalue weighted by molar-refractivity contribution is -0.147. The highest BCUT2D eigenvalue weighted by Gasteiger charge is 2.57. The van der Waals surface area contributed by atoms with Gasteiger partial charge in [0, 0.05) is 44.8 Å². The molecule has 3 rings (SSSR count). The lowest BCUT2D eigenvalue weighted by Gasteiger charge is -2.39. The summed E-state index contributed by atoms with van der Waals surface area (Å²) in [6.45, 7) is 7.12. The molecule has 28 heavy (non-hydrogen) atoms. The fourth-order valence-corrected chi connectivity index (χ4v) is 5.91. The van der Waals surface area contributed by atoms with Gasteiger partial charge in [0.25, 0.3) is 0 Å². The molecule has 10 heteroatoms. The van der Waals surface area contributed by atoms with Gasteiger partial charge in [-0.3, -0.25) is 4.79 Å². The van der Waals surface area contributed by atoms with Crippen molar-refractivity contribution in [2.75, 3.05) is 52.2 Å². The molecule has 3 fully saturated rings. The van der Waals surface area contributed by atoms with E-state index in [1.165, 1.54) is 10.6 Å². The number of carbonyl (C=O) groups excluding carboxylic acids is 2. The van der Waals surface area contributed by atoms with E-state index in [9.17, 15) is 18.0 Å². The first-order valence-electron chi connectivity index (χ1n) is 10.0. The molecule has 0 aliphatic carbocycles. The smallest absolute Gasteiger partial charge is 0.317 e. The summed E-state index contributed by atoms with van der Waals surface area (Å²) < 4.78 is 31.6. The van der Waals surface area contributed by atoms with E-state index in [2.05, 4.69) is 5.32 Å². The summed E-state index contributed by atoms with van der Waals surface area (Å²) in [5.74, 6) is 0.0121. The summed E-state index contributed by atoms with van der Waals surface area (Å²) >= 11 is 0. The highest BCUT2D eigenvalue weighted by Crippen LogP contribution is 2.46. The fourth-order valence-electron chi connectivity index (χ4n) is 4.72. The van der Waals surface area contributed by atoms with Crippen molar-refractivity contribution >= 4 is 22.0 Å². The van der Waals surface area contributed by atoms with Crippen LogP contribution >= 0.6 is 0 Å². The number of ether oxygens (including phenoxy) is 1. The number of carbonyl (C=O) groups is 2. The minimum Gasteiger partial charge on any atom is -0.378 e. The molecular weight excluding hydrogens is 384 g/mol. The molecule has 160 valence electrons. The maximum absolute atomic E-state index is 13.6. The quantitative estimate of drug-likeness (QED) is 0.702. The Morgan fingerprint density at radius 2 is 1.68 bits per heavy atom. The molecule has 3 aliphatic rings. The van der Waals surface area contributed by atoms with Crippen LogP contribution in [0.3, 0.4) is 0 Å². The predicted molar refractivity (Wildman–Crippen MR) is 104 cm³/mol. The normalized spacial score (nSPS) is 29.5. The van der Waals surface area contributed by atoms with Crippen LogP contribution in [0.25, 0.3) is 0 Å². The maximum atomic E-state index is 13.6. The van der Waals surface area contributed by atoms with Gasteiger partial charge < -0.3 is 19.9 Å². The van der Waals surface area contributed by atoms with E-state index >= 15 is 0 Å². The zero-order chi connectivity index (χ0) is 20.5. The number of nitrogens with one attached hydrogen (secondary N) is 1. The number of urea groups is 1. The number of likely N-dealkylation sites (tertiary alicyclic amines) is 1. The molecule has 3 heterocycles. The van der Waals surface area contributed by atoms with Gasteiger partial charge in [-0.15, -0.1) is 0 Å². The maximum Gasteiger partial charge on any atom is 0.317 e. The molecule has 0 radical (unpaired) electrons. The molecule has 2 atom stereocenters. The Hall–Kier alpha value is -1.39. The molecule has 1 N–H and O–H groups in total. The van der Waals surface area contributed by atoms with Crippen molar-refractivity contribution in [3.05, 3.63) is 0 Å². The second kappa shape index (κ2) is 8.16. The van der Waals surface area contributed by atoms with Crippen molar-refractivity contribution in [2.24, 2.45) is 5.41 Å². The summed E-state index contributed by atoms with van der Waals surface area (Å²) in [7, 11) is -3.43. The molecule has 0 aromatic heterocycles. The third-order valence-electron chi connectivity index (χ3n) is 6.11. The minimum absolute atomic E-state index is 0.0121. The molecule has 0 spiro atoms. The van der Waals surface area contributed by atoms with Crippen LogP contribution in [0, 0.1) is 5.41 Å². The van der Waals surface area contributed by atoms with Gasteiger partial charge in [0.15, 0.2) is 0 Å². The number of nitrogens with zero attached hydrogens (tertiary/aromatic N) is 3. The third kappa shape index (κ3) is 4.13. The van der Waals surface area contributed by atoms with Crippen molar-refractivity contribution in [3.8, 4) is 0 Å². The van der Waals surface area contributed by atoms with Crippen molar-refractivity contribution in [1.29, 1.82) is 0 Å². The lowest BCUT2D eigenvalue weighted by Crippen LogP contribution is -2.54. The number of morpholine rings is 1. The Labute approximate surface area is 167 Å². The summed E-state index contributed by atoms with van der Waals surface area (Å²) in [4.78, 5) is 29.6. The van der Waals surface area contributed by atoms with Crippen LogP contribution in [-0.4, -0.2) is 98.7 Å². The standard InChI is InChI=1S/C18H32N4O5S/c1-14(2)19-17(24)21-7-4-15-18(5-8-21,6-9-22(15)28(3,25)26)16(23)20-10-12-27-13-11-20/h14-15H,4-13H2,1-3H3,(H,19,24)/t15-,18+/m1/s1. The molecule has 3 saturated heterocycles. The molecule has 3 amide bonds. The number of rotatable bonds is 3.